The Hall–Kier alpha value is -5.83. The lowest BCUT2D eigenvalue weighted by molar-refractivity contribution is 0.588. The first-order chi connectivity index (χ1) is 29.8. The Kier molecular flexibility index (Phi) is 10.8. The predicted molar refractivity (Wildman–Crippen MR) is 267 cm³/mol. The molecule has 0 saturated heterocycles. The first-order valence-corrected chi connectivity index (χ1v) is 24.2. The first-order valence-electron chi connectivity index (χ1n) is 22.5. The number of hydrogen-bond acceptors (Lipinski definition) is 4. The van der Waals surface area contributed by atoms with Gasteiger partial charge in [-0.15, -0.1) is 0 Å². The van der Waals surface area contributed by atoms with Gasteiger partial charge in [0.25, 0.3) is 0 Å². The van der Waals surface area contributed by atoms with Gasteiger partial charge in [-0.25, -0.2) is 0 Å². The maximum atomic E-state index is 17.3. The van der Waals surface area contributed by atoms with Crippen LogP contribution in [0.3, 0.4) is 0 Å². The number of unbranched alkanes of at least 4 members (excludes halogenated alkanes) is 3. The van der Waals surface area contributed by atoms with Crippen molar-refractivity contribution in [2.24, 2.45) is 0 Å². The summed E-state index contributed by atoms with van der Waals surface area (Å²) < 4.78 is 17.3. The average Bonchev–Trinajstić information content (AvgIpc) is 3.26. The van der Waals surface area contributed by atoms with Gasteiger partial charge in [0.15, 0.2) is 7.14 Å². The van der Waals surface area contributed by atoms with Crippen LogP contribution in [-0.4, -0.2) is 0 Å². The van der Waals surface area contributed by atoms with Crippen LogP contribution < -0.4 is 30.6 Å². The zero-order chi connectivity index (χ0) is 43.4. The average molecular weight is 834 g/mol. The highest BCUT2D eigenvalue weighted by molar-refractivity contribution is 7.86. The van der Waals surface area contributed by atoms with Crippen molar-refractivity contribution in [1.29, 1.82) is 0 Å². The van der Waals surface area contributed by atoms with Gasteiger partial charge in [-0.05, 0) is 144 Å². The highest BCUT2D eigenvalue weighted by atomic mass is 31.2. The summed E-state index contributed by atoms with van der Waals surface area (Å²) in [5, 5.41) is 2.65. The molecule has 62 heavy (non-hydrogen) atoms. The minimum absolute atomic E-state index is 0.0167. The molecule has 0 amide bonds. The molecule has 0 fully saturated rings. The molecule has 9 rings (SSSR count). The van der Waals surface area contributed by atoms with E-state index in [1.807, 2.05) is 0 Å². The Morgan fingerprint density at radius 1 is 0.500 bits per heavy atom. The fourth-order valence-corrected chi connectivity index (χ4v) is 12.7. The number of aryl methyl sites for hydroxylation is 2. The number of anilines is 9. The quantitative estimate of drug-likeness (QED) is 0.101. The lowest BCUT2D eigenvalue weighted by Crippen LogP contribution is -2.43. The lowest BCUT2D eigenvalue weighted by atomic mass is 9.86. The molecule has 1 unspecified atom stereocenters. The van der Waals surface area contributed by atoms with Crippen molar-refractivity contribution in [3.63, 3.8) is 0 Å². The fourth-order valence-electron chi connectivity index (χ4n) is 9.40. The minimum atomic E-state index is -3.51. The van der Waals surface area contributed by atoms with E-state index in [4.69, 9.17) is 0 Å². The van der Waals surface area contributed by atoms with Gasteiger partial charge in [0.2, 0.25) is 0 Å². The van der Waals surface area contributed by atoms with E-state index in [1.165, 1.54) is 42.4 Å². The largest absolute Gasteiger partial charge is 0.310 e. The molecular weight excluding hydrogens is 774 g/mol. The summed E-state index contributed by atoms with van der Waals surface area (Å²) in [4.78, 5) is 7.08. The zero-order valence-corrected chi connectivity index (χ0v) is 38.6. The van der Waals surface area contributed by atoms with Crippen molar-refractivity contribution >= 4 is 74.2 Å². The van der Waals surface area contributed by atoms with Crippen molar-refractivity contribution in [3.05, 3.63) is 180 Å². The highest BCUT2D eigenvalue weighted by Crippen LogP contribution is 2.62. The molecule has 4 nitrogen and oxygen atoms in total. The van der Waals surface area contributed by atoms with E-state index >= 15 is 4.57 Å². The Bertz CT molecular complexity index is 2740. The molecule has 7 aromatic carbocycles. The predicted octanol–water partition coefficient (Wildman–Crippen LogP) is 15.4. The number of para-hydroxylation sites is 2. The van der Waals surface area contributed by atoms with E-state index in [2.05, 4.69) is 228 Å². The highest BCUT2D eigenvalue weighted by Gasteiger charge is 2.49. The first kappa shape index (κ1) is 41.5. The molecule has 0 radical (unpaired) electrons. The number of fused-ring (bicyclic) bond motifs is 4. The van der Waals surface area contributed by atoms with E-state index in [0.29, 0.717) is 0 Å². The Labute approximate surface area is 370 Å². The zero-order valence-electron chi connectivity index (χ0n) is 37.7. The summed E-state index contributed by atoms with van der Waals surface area (Å²) in [5.74, 6) is 0. The second-order valence-corrected chi connectivity index (χ2v) is 22.0. The van der Waals surface area contributed by atoms with E-state index in [0.717, 1.165) is 79.1 Å². The molecule has 0 saturated carbocycles. The van der Waals surface area contributed by atoms with Crippen LogP contribution >= 0.6 is 7.14 Å². The van der Waals surface area contributed by atoms with Crippen molar-refractivity contribution in [3.8, 4) is 0 Å². The standard InChI is InChI=1S/C57H60N3OP/c1-9-10-11-14-19-41-24-29-46(30-25-41)60-50-39-48(58(44-20-15-12-16-21-44)45-22-17-13-18-23-45)33-35-53(50)62(61)54-38-43(57(6,7)8)28-34-49(54)59(51-36-40(2)37-52(60)55(51)62)47-31-26-42(27-32-47)56(3,4)5/h12-13,15-18,20-39H,9-11,14,19H2,1-8H3. The molecule has 2 heterocycles. The van der Waals surface area contributed by atoms with Crippen LogP contribution in [0.15, 0.2) is 158 Å². The normalized spacial score (nSPS) is 15.5. The van der Waals surface area contributed by atoms with Gasteiger partial charge >= 0.3 is 0 Å². The van der Waals surface area contributed by atoms with Crippen LogP contribution in [0.2, 0.25) is 0 Å². The SMILES string of the molecule is CCCCCCc1ccc(N2c3cc(N(c4ccccc4)c4ccccc4)ccc3P3(=O)c4cc(C(C)(C)C)ccc4N(c4ccc(C(C)(C)C)cc4)c4cc(C)cc2c43)cc1. The molecule has 0 bridgehead atoms. The molecule has 0 aromatic heterocycles. The van der Waals surface area contributed by atoms with Crippen LogP contribution in [-0.2, 0) is 21.8 Å². The van der Waals surface area contributed by atoms with E-state index in [1.54, 1.807) is 0 Å². The molecule has 2 aliphatic heterocycles. The van der Waals surface area contributed by atoms with Crippen LogP contribution in [0.1, 0.15) is 96.4 Å². The van der Waals surface area contributed by atoms with Gasteiger partial charge in [0.1, 0.15) is 0 Å². The fraction of sp³-hybridized carbons (Fsp3) is 0.263. The third-order valence-electron chi connectivity index (χ3n) is 12.8. The molecule has 314 valence electrons. The van der Waals surface area contributed by atoms with Gasteiger partial charge in [0.05, 0.1) is 28.1 Å². The van der Waals surface area contributed by atoms with Gasteiger partial charge in [0, 0.05) is 39.0 Å². The summed E-state index contributed by atoms with van der Waals surface area (Å²) in [6.45, 7) is 18.0. The summed E-state index contributed by atoms with van der Waals surface area (Å²) >= 11 is 0. The van der Waals surface area contributed by atoms with Crippen LogP contribution in [0.4, 0.5) is 51.2 Å². The topological polar surface area (TPSA) is 26.8 Å². The molecule has 2 aliphatic rings. The molecular formula is C57H60N3OP. The monoisotopic (exact) mass is 833 g/mol. The molecule has 0 aliphatic carbocycles. The third-order valence-corrected chi connectivity index (χ3v) is 15.9. The van der Waals surface area contributed by atoms with E-state index < -0.39 is 7.14 Å². The summed E-state index contributed by atoms with van der Waals surface area (Å²) in [6.07, 6.45) is 6.00. The summed E-state index contributed by atoms with van der Waals surface area (Å²) in [6, 6.07) is 57.2. The number of rotatable bonds is 10. The number of benzene rings is 7. The van der Waals surface area contributed by atoms with Crippen LogP contribution in [0.5, 0.6) is 0 Å². The van der Waals surface area contributed by atoms with E-state index in [9.17, 15) is 0 Å². The lowest BCUT2D eigenvalue weighted by Gasteiger charge is -2.45. The molecule has 0 spiro atoms. The van der Waals surface area contributed by atoms with Crippen LogP contribution in [0, 0.1) is 6.92 Å². The van der Waals surface area contributed by atoms with Crippen molar-refractivity contribution in [1.82, 2.24) is 0 Å². The maximum Gasteiger partial charge on any atom is 0.179 e. The maximum absolute atomic E-state index is 17.3. The van der Waals surface area contributed by atoms with Crippen molar-refractivity contribution in [2.75, 3.05) is 14.7 Å². The van der Waals surface area contributed by atoms with Crippen molar-refractivity contribution in [2.45, 2.75) is 98.3 Å². The summed E-state index contributed by atoms with van der Waals surface area (Å²) in [5.41, 5.74) is 13.9. The second-order valence-electron chi connectivity index (χ2n) is 19.3. The van der Waals surface area contributed by atoms with Gasteiger partial charge < -0.3 is 19.3 Å². The Morgan fingerprint density at radius 3 is 1.61 bits per heavy atom. The third kappa shape index (κ3) is 7.37. The van der Waals surface area contributed by atoms with Gasteiger partial charge in [-0.1, -0.05) is 134 Å². The Morgan fingerprint density at radius 2 is 1.05 bits per heavy atom. The van der Waals surface area contributed by atoms with Crippen molar-refractivity contribution < 1.29 is 4.57 Å². The number of nitrogens with zero attached hydrogens (tertiary/aromatic N) is 3. The molecule has 7 aromatic rings. The number of hydrogen-bond donors (Lipinski definition) is 0. The smallest absolute Gasteiger partial charge is 0.179 e. The van der Waals surface area contributed by atoms with Gasteiger partial charge in [-0.2, -0.15) is 0 Å². The molecule has 1 atom stereocenters. The minimum Gasteiger partial charge on any atom is -0.310 e. The van der Waals surface area contributed by atoms with Crippen LogP contribution in [0.25, 0.3) is 0 Å². The summed E-state index contributed by atoms with van der Waals surface area (Å²) in [7, 11) is -3.51. The molecule has 5 heteroatoms. The van der Waals surface area contributed by atoms with E-state index in [-0.39, 0.29) is 10.8 Å². The second kappa shape index (κ2) is 16.1. The molecule has 0 N–H and O–H groups in total. The Balaban J connectivity index is 1.33. The van der Waals surface area contributed by atoms with Gasteiger partial charge in [-0.3, -0.25) is 0 Å².